The van der Waals surface area contributed by atoms with Crippen LogP contribution in [0.2, 0.25) is 5.02 Å². The van der Waals surface area contributed by atoms with Crippen molar-refractivity contribution in [2.24, 2.45) is 0 Å². The molecule has 25 heavy (non-hydrogen) atoms. The highest BCUT2D eigenvalue weighted by Gasteiger charge is 2.17. The van der Waals surface area contributed by atoms with Crippen LogP contribution in [0.1, 0.15) is 20.9 Å². The maximum atomic E-state index is 12.6. The fourth-order valence-electron chi connectivity index (χ4n) is 2.96. The first kappa shape index (κ1) is 16.1. The lowest BCUT2D eigenvalue weighted by Crippen LogP contribution is -2.22. The number of carbonyl (C=O) groups excluding carboxylic acids is 1. The Morgan fingerprint density at radius 2 is 1.84 bits per heavy atom. The molecule has 0 spiro atoms. The molecule has 1 amide bonds. The molecule has 2 heterocycles. The van der Waals surface area contributed by atoms with Gasteiger partial charge in [-0.2, -0.15) is 0 Å². The van der Waals surface area contributed by atoms with Crippen LogP contribution in [0.25, 0.3) is 21.0 Å². The molecule has 0 fully saturated rings. The summed E-state index contributed by atoms with van der Waals surface area (Å²) in [5, 5.41) is 5.49. The van der Waals surface area contributed by atoms with E-state index in [4.69, 9.17) is 11.6 Å². The lowest BCUT2D eigenvalue weighted by Gasteiger charge is -2.09. The van der Waals surface area contributed by atoms with Crippen molar-refractivity contribution >= 4 is 49.8 Å². The van der Waals surface area contributed by atoms with E-state index in [0.717, 1.165) is 32.2 Å². The van der Waals surface area contributed by atoms with Crippen molar-refractivity contribution in [2.75, 3.05) is 0 Å². The summed E-state index contributed by atoms with van der Waals surface area (Å²) in [7, 11) is 0. The largest absolute Gasteiger partial charge is 0.347 e. The van der Waals surface area contributed by atoms with E-state index >= 15 is 0 Å². The molecule has 4 aromatic rings. The third-order valence-electron chi connectivity index (χ3n) is 4.11. The summed E-state index contributed by atoms with van der Waals surface area (Å²) < 4.78 is 1.02. The molecule has 0 radical (unpaired) electrons. The predicted octanol–water partition coefficient (Wildman–Crippen LogP) is 5.34. The van der Waals surface area contributed by atoms with Crippen molar-refractivity contribution in [1.82, 2.24) is 10.3 Å². The molecule has 5 heteroatoms. The van der Waals surface area contributed by atoms with Gasteiger partial charge in [0, 0.05) is 27.7 Å². The third kappa shape index (κ3) is 2.99. The number of benzene rings is 2. The van der Waals surface area contributed by atoms with Gasteiger partial charge in [-0.3, -0.25) is 9.78 Å². The van der Waals surface area contributed by atoms with Gasteiger partial charge in [-0.25, -0.2) is 0 Å². The van der Waals surface area contributed by atoms with Crippen LogP contribution >= 0.6 is 22.9 Å². The van der Waals surface area contributed by atoms with Crippen molar-refractivity contribution < 1.29 is 4.79 Å². The summed E-state index contributed by atoms with van der Waals surface area (Å²) in [6.07, 6.45) is 0. The number of hydrogen-bond acceptors (Lipinski definition) is 3. The number of carbonyl (C=O) groups is 1. The topological polar surface area (TPSA) is 42.0 Å². The van der Waals surface area contributed by atoms with Gasteiger partial charge < -0.3 is 5.32 Å². The van der Waals surface area contributed by atoms with Crippen LogP contribution in [0.3, 0.4) is 0 Å². The van der Waals surface area contributed by atoms with Crippen molar-refractivity contribution in [2.45, 2.75) is 13.5 Å². The van der Waals surface area contributed by atoms with Crippen LogP contribution in [0.15, 0.2) is 54.6 Å². The summed E-state index contributed by atoms with van der Waals surface area (Å²) in [6, 6.07) is 17.7. The Morgan fingerprint density at radius 1 is 1.12 bits per heavy atom. The lowest BCUT2D eigenvalue weighted by molar-refractivity contribution is 0.0955. The molecule has 0 aliphatic carbocycles. The fraction of sp³-hybridized carbons (Fsp3) is 0.100. The number of hydrogen-bond donors (Lipinski definition) is 1. The zero-order valence-corrected chi connectivity index (χ0v) is 15.1. The van der Waals surface area contributed by atoms with Gasteiger partial charge in [0.05, 0.1) is 10.5 Å². The van der Waals surface area contributed by atoms with Gasteiger partial charge in [0.15, 0.2) is 0 Å². The van der Waals surface area contributed by atoms with Gasteiger partial charge in [-0.05, 0) is 30.7 Å². The Morgan fingerprint density at radius 3 is 2.64 bits per heavy atom. The van der Waals surface area contributed by atoms with Gasteiger partial charge in [-0.1, -0.05) is 48.0 Å². The number of thiophene rings is 1. The second kappa shape index (κ2) is 6.47. The van der Waals surface area contributed by atoms with Crippen molar-refractivity contribution in [3.63, 3.8) is 0 Å². The fourth-order valence-corrected chi connectivity index (χ4v) is 4.39. The minimum Gasteiger partial charge on any atom is -0.347 e. The minimum atomic E-state index is -0.148. The van der Waals surface area contributed by atoms with E-state index in [9.17, 15) is 4.79 Å². The Kier molecular flexibility index (Phi) is 4.15. The second-order valence-electron chi connectivity index (χ2n) is 5.86. The standard InChI is InChI=1S/C20H15ClN2OS/c1-12-10-13(14-6-2-4-8-16(14)23-12)11-22-20(24)19-18(21)15-7-3-5-9-17(15)25-19/h2-10H,11H2,1H3,(H,22,24). The molecule has 3 nitrogen and oxygen atoms in total. The van der Waals surface area contributed by atoms with Crippen LogP contribution < -0.4 is 5.32 Å². The third-order valence-corrected chi connectivity index (χ3v) is 5.78. The number of halogens is 1. The SMILES string of the molecule is Cc1cc(CNC(=O)c2sc3ccccc3c2Cl)c2ccccc2n1. The van der Waals surface area contributed by atoms with E-state index in [1.807, 2.05) is 61.5 Å². The average Bonchev–Trinajstić information content (AvgIpc) is 2.96. The maximum absolute atomic E-state index is 12.6. The van der Waals surface area contributed by atoms with Crippen molar-refractivity contribution in [3.8, 4) is 0 Å². The molecule has 0 aliphatic rings. The number of aromatic nitrogens is 1. The van der Waals surface area contributed by atoms with E-state index in [-0.39, 0.29) is 5.91 Å². The predicted molar refractivity (Wildman–Crippen MR) is 104 cm³/mol. The van der Waals surface area contributed by atoms with Gasteiger partial charge in [-0.15, -0.1) is 11.3 Å². The molecule has 1 N–H and O–H groups in total. The number of para-hydroxylation sites is 1. The number of pyridine rings is 1. The van der Waals surface area contributed by atoms with Crippen LogP contribution in [0, 0.1) is 6.92 Å². The van der Waals surface area contributed by atoms with Gasteiger partial charge in [0.25, 0.3) is 5.91 Å². The molecule has 0 saturated carbocycles. The summed E-state index contributed by atoms with van der Waals surface area (Å²) in [4.78, 5) is 17.7. The number of amides is 1. The lowest BCUT2D eigenvalue weighted by atomic mass is 10.1. The monoisotopic (exact) mass is 366 g/mol. The summed E-state index contributed by atoms with van der Waals surface area (Å²) in [6.45, 7) is 2.40. The molecule has 0 aliphatic heterocycles. The smallest absolute Gasteiger partial charge is 0.263 e. The Hall–Kier alpha value is -2.43. The van der Waals surface area contributed by atoms with E-state index < -0.39 is 0 Å². The molecule has 0 atom stereocenters. The van der Waals surface area contributed by atoms with Gasteiger partial charge in [0.2, 0.25) is 0 Å². The zero-order valence-electron chi connectivity index (χ0n) is 13.5. The highest BCUT2D eigenvalue weighted by molar-refractivity contribution is 7.21. The van der Waals surface area contributed by atoms with Gasteiger partial charge in [0.1, 0.15) is 4.88 Å². The Balaban J connectivity index is 1.63. The molecular formula is C20H15ClN2OS. The maximum Gasteiger partial charge on any atom is 0.263 e. The summed E-state index contributed by atoms with van der Waals surface area (Å²) in [5.41, 5.74) is 2.92. The minimum absolute atomic E-state index is 0.148. The number of nitrogens with zero attached hydrogens (tertiary/aromatic N) is 1. The normalized spacial score (nSPS) is 11.1. The summed E-state index contributed by atoms with van der Waals surface area (Å²) in [5.74, 6) is -0.148. The van der Waals surface area contributed by atoms with Crippen molar-refractivity contribution in [1.29, 1.82) is 0 Å². The van der Waals surface area contributed by atoms with Crippen LogP contribution in [0.4, 0.5) is 0 Å². The van der Waals surface area contributed by atoms with E-state index in [1.165, 1.54) is 11.3 Å². The molecule has 124 valence electrons. The number of fused-ring (bicyclic) bond motifs is 2. The van der Waals surface area contributed by atoms with Crippen LogP contribution in [-0.2, 0) is 6.54 Å². The Labute approximate surface area is 154 Å². The molecule has 0 unspecified atom stereocenters. The van der Waals surface area contributed by atoms with Crippen molar-refractivity contribution in [3.05, 3.63) is 75.8 Å². The molecule has 4 rings (SSSR count). The first-order valence-corrected chi connectivity index (χ1v) is 9.13. The van der Waals surface area contributed by atoms with Gasteiger partial charge >= 0.3 is 0 Å². The average molecular weight is 367 g/mol. The number of rotatable bonds is 3. The molecule has 2 aromatic carbocycles. The number of nitrogens with one attached hydrogen (secondary N) is 1. The molecular weight excluding hydrogens is 352 g/mol. The highest BCUT2D eigenvalue weighted by Crippen LogP contribution is 2.35. The van der Waals surface area contributed by atoms with E-state index in [2.05, 4.69) is 10.3 Å². The Bertz CT molecular complexity index is 1100. The zero-order chi connectivity index (χ0) is 17.4. The first-order valence-electron chi connectivity index (χ1n) is 7.94. The highest BCUT2D eigenvalue weighted by atomic mass is 35.5. The molecule has 0 bridgehead atoms. The summed E-state index contributed by atoms with van der Waals surface area (Å²) >= 11 is 7.81. The second-order valence-corrected chi connectivity index (χ2v) is 7.29. The van der Waals surface area contributed by atoms with Crippen LogP contribution in [-0.4, -0.2) is 10.9 Å². The molecule has 0 saturated heterocycles. The van der Waals surface area contributed by atoms with E-state index in [0.29, 0.717) is 16.4 Å². The first-order chi connectivity index (χ1) is 12.1. The molecule has 2 aromatic heterocycles. The quantitative estimate of drug-likeness (QED) is 0.531. The van der Waals surface area contributed by atoms with Crippen LogP contribution in [0.5, 0.6) is 0 Å². The number of aryl methyl sites for hydroxylation is 1. The van der Waals surface area contributed by atoms with E-state index in [1.54, 1.807) is 0 Å².